The molecule has 0 saturated heterocycles. The predicted molar refractivity (Wildman–Crippen MR) is 78.0 cm³/mol. The van der Waals surface area contributed by atoms with Crippen LogP contribution in [0.15, 0.2) is 58.6 Å². The van der Waals surface area contributed by atoms with E-state index in [0.717, 1.165) is 5.56 Å². The third kappa shape index (κ3) is 4.35. The molecule has 0 fully saturated rings. The Morgan fingerprint density at radius 3 is 2.42 bits per heavy atom. The van der Waals surface area contributed by atoms with Crippen molar-refractivity contribution in [1.82, 2.24) is 0 Å². The Bertz CT molecular complexity index is 632. The van der Waals surface area contributed by atoms with Gasteiger partial charge in [-0.05, 0) is 35.9 Å². The Balaban J connectivity index is 2.01. The highest BCUT2D eigenvalue weighted by Gasteiger charge is 2.04. The largest absolute Gasteiger partial charge is 0.287 e. The number of halogens is 2. The Morgan fingerprint density at radius 1 is 1.05 bits per heavy atom. The van der Waals surface area contributed by atoms with Crippen LogP contribution in [0.3, 0.4) is 0 Å². The fourth-order valence-corrected chi connectivity index (χ4v) is 2.40. The van der Waals surface area contributed by atoms with Gasteiger partial charge < -0.3 is 0 Å². The van der Waals surface area contributed by atoms with Gasteiger partial charge in [-0.2, -0.15) is 0 Å². The van der Waals surface area contributed by atoms with E-state index in [1.54, 1.807) is 48.5 Å². The minimum Gasteiger partial charge on any atom is -0.287 e. The summed E-state index contributed by atoms with van der Waals surface area (Å²) in [7, 11) is 0. The van der Waals surface area contributed by atoms with Gasteiger partial charge >= 0.3 is 0 Å². The Kier molecular flexibility index (Phi) is 4.96. The molecular weight excluding hydrogens is 305 g/mol. The summed E-state index contributed by atoms with van der Waals surface area (Å²) in [6, 6.07) is 13.7. The summed E-state index contributed by atoms with van der Waals surface area (Å²) in [6.45, 7) is 0. The number of nitrogens with zero attached hydrogens (tertiary/aromatic N) is 1. The van der Waals surface area contributed by atoms with Crippen molar-refractivity contribution in [2.24, 2.45) is 5.16 Å². The lowest BCUT2D eigenvalue weighted by Crippen LogP contribution is -1.93. The topological polar surface area (TPSA) is 38.7 Å². The molecule has 2 aromatic rings. The zero-order chi connectivity index (χ0) is 13.7. The van der Waals surface area contributed by atoms with E-state index in [2.05, 4.69) is 5.16 Å². The van der Waals surface area contributed by atoms with Gasteiger partial charge in [-0.3, -0.25) is 4.28 Å². The van der Waals surface area contributed by atoms with E-state index >= 15 is 0 Å². The molecule has 0 bridgehead atoms. The third-order valence-electron chi connectivity index (χ3n) is 2.15. The molecular formula is C13H9Cl2NO2S. The normalized spacial score (nSPS) is 12.5. The van der Waals surface area contributed by atoms with E-state index in [1.807, 2.05) is 0 Å². The minimum absolute atomic E-state index is 0.454. The van der Waals surface area contributed by atoms with Gasteiger partial charge in [-0.25, -0.2) is 4.21 Å². The van der Waals surface area contributed by atoms with E-state index in [0.29, 0.717) is 14.9 Å². The van der Waals surface area contributed by atoms with Crippen molar-refractivity contribution in [2.75, 3.05) is 0 Å². The first-order valence-corrected chi connectivity index (χ1v) is 7.12. The van der Waals surface area contributed by atoms with Crippen molar-refractivity contribution >= 4 is 40.5 Å². The van der Waals surface area contributed by atoms with Crippen molar-refractivity contribution in [3.05, 3.63) is 64.1 Å². The molecule has 0 aliphatic heterocycles. The van der Waals surface area contributed by atoms with Crippen LogP contribution >= 0.6 is 23.2 Å². The van der Waals surface area contributed by atoms with Crippen LogP contribution in [0.2, 0.25) is 10.0 Å². The molecule has 1 atom stereocenters. The fraction of sp³-hybridized carbons (Fsp3) is 0. The van der Waals surface area contributed by atoms with Gasteiger partial charge in [0.15, 0.2) is 0 Å². The molecule has 0 radical (unpaired) electrons. The first kappa shape index (κ1) is 14.1. The highest BCUT2D eigenvalue weighted by Crippen LogP contribution is 2.15. The van der Waals surface area contributed by atoms with Gasteiger partial charge in [0.25, 0.3) is 11.1 Å². The molecule has 3 nitrogen and oxygen atoms in total. The van der Waals surface area contributed by atoms with E-state index in [9.17, 15) is 4.21 Å². The van der Waals surface area contributed by atoms with Crippen LogP contribution in [0, 0.1) is 0 Å². The van der Waals surface area contributed by atoms with Gasteiger partial charge in [-0.15, -0.1) is 0 Å². The Morgan fingerprint density at radius 2 is 1.74 bits per heavy atom. The molecule has 0 amide bonds. The second-order valence-corrected chi connectivity index (χ2v) is 5.52. The molecule has 19 heavy (non-hydrogen) atoms. The van der Waals surface area contributed by atoms with E-state index < -0.39 is 11.1 Å². The second-order valence-electron chi connectivity index (χ2n) is 3.56. The van der Waals surface area contributed by atoms with Crippen LogP contribution in [0.5, 0.6) is 0 Å². The van der Waals surface area contributed by atoms with E-state index in [1.165, 1.54) is 6.21 Å². The van der Waals surface area contributed by atoms with Crippen molar-refractivity contribution in [1.29, 1.82) is 0 Å². The maximum Gasteiger partial charge on any atom is 0.265 e. The molecule has 2 rings (SSSR count). The SMILES string of the molecule is O=S(O/N=C/c1cccc(Cl)c1)c1cccc(Cl)c1. The summed E-state index contributed by atoms with van der Waals surface area (Å²) in [4.78, 5) is 0.454. The third-order valence-corrected chi connectivity index (χ3v) is 3.48. The van der Waals surface area contributed by atoms with Crippen molar-refractivity contribution in [2.45, 2.75) is 4.90 Å². The number of oxime groups is 1. The van der Waals surface area contributed by atoms with E-state index in [4.69, 9.17) is 27.5 Å². The fourth-order valence-electron chi connectivity index (χ4n) is 1.32. The maximum atomic E-state index is 11.7. The van der Waals surface area contributed by atoms with Crippen LogP contribution < -0.4 is 0 Å². The highest BCUT2D eigenvalue weighted by atomic mass is 35.5. The Hall–Kier alpha value is -1.36. The van der Waals surface area contributed by atoms with Crippen LogP contribution in [-0.4, -0.2) is 10.4 Å². The number of hydrogen-bond acceptors (Lipinski definition) is 3. The number of hydrogen-bond donors (Lipinski definition) is 0. The summed E-state index contributed by atoms with van der Waals surface area (Å²) in [6.07, 6.45) is 1.44. The van der Waals surface area contributed by atoms with Gasteiger partial charge in [0.05, 0.1) is 11.1 Å². The molecule has 0 aromatic heterocycles. The number of rotatable bonds is 4. The molecule has 0 aliphatic rings. The smallest absolute Gasteiger partial charge is 0.265 e. The van der Waals surface area contributed by atoms with Crippen molar-refractivity contribution in [3.8, 4) is 0 Å². The maximum absolute atomic E-state index is 11.7. The van der Waals surface area contributed by atoms with Crippen LogP contribution in [-0.2, 0) is 15.4 Å². The van der Waals surface area contributed by atoms with Crippen LogP contribution in [0.4, 0.5) is 0 Å². The second kappa shape index (κ2) is 6.70. The molecule has 2 aromatic carbocycles. The molecule has 0 heterocycles. The van der Waals surface area contributed by atoms with Crippen LogP contribution in [0.25, 0.3) is 0 Å². The van der Waals surface area contributed by atoms with Crippen molar-refractivity contribution in [3.63, 3.8) is 0 Å². The molecule has 0 N–H and O–H groups in total. The summed E-state index contributed by atoms with van der Waals surface area (Å²) in [5, 5.41) is 4.75. The molecule has 98 valence electrons. The summed E-state index contributed by atoms with van der Waals surface area (Å²) in [5.74, 6) is 0. The lowest BCUT2D eigenvalue weighted by Gasteiger charge is -1.99. The molecule has 0 spiro atoms. The molecule has 1 unspecified atom stereocenters. The monoisotopic (exact) mass is 313 g/mol. The minimum atomic E-state index is -1.69. The lowest BCUT2D eigenvalue weighted by molar-refractivity contribution is 0.376. The highest BCUT2D eigenvalue weighted by molar-refractivity contribution is 7.80. The van der Waals surface area contributed by atoms with E-state index in [-0.39, 0.29) is 0 Å². The van der Waals surface area contributed by atoms with Gasteiger partial charge in [0.1, 0.15) is 0 Å². The zero-order valence-electron chi connectivity index (χ0n) is 9.62. The summed E-state index contributed by atoms with van der Waals surface area (Å²) < 4.78 is 16.6. The molecule has 0 aliphatic carbocycles. The van der Waals surface area contributed by atoms with Gasteiger partial charge in [0.2, 0.25) is 0 Å². The first-order chi connectivity index (χ1) is 9.15. The predicted octanol–water partition coefficient (Wildman–Crippen LogP) is 4.07. The zero-order valence-corrected chi connectivity index (χ0v) is 12.0. The average Bonchev–Trinajstić information content (AvgIpc) is 2.38. The average molecular weight is 314 g/mol. The van der Waals surface area contributed by atoms with Gasteiger partial charge in [0, 0.05) is 10.0 Å². The van der Waals surface area contributed by atoms with Crippen molar-refractivity contribution < 1.29 is 8.49 Å². The van der Waals surface area contributed by atoms with Crippen LogP contribution in [0.1, 0.15) is 5.56 Å². The molecule has 0 saturated carbocycles. The molecule has 6 heteroatoms. The summed E-state index contributed by atoms with van der Waals surface area (Å²) in [5.41, 5.74) is 0.760. The number of benzene rings is 2. The van der Waals surface area contributed by atoms with Gasteiger partial charge in [-0.1, -0.05) is 46.6 Å². The first-order valence-electron chi connectivity index (χ1n) is 5.29. The standard InChI is InChI=1S/C13H9Cl2NO2S/c14-11-4-1-3-10(7-11)9-16-18-19(17)13-6-2-5-12(15)8-13/h1-9H/b16-9+. The Labute approximate surface area is 123 Å². The lowest BCUT2D eigenvalue weighted by atomic mass is 10.2. The quantitative estimate of drug-likeness (QED) is 0.630. The summed E-state index contributed by atoms with van der Waals surface area (Å²) >= 11 is 9.93.